The van der Waals surface area contributed by atoms with Crippen LogP contribution in [-0.4, -0.2) is 64.7 Å². The van der Waals surface area contributed by atoms with Crippen LogP contribution in [0.3, 0.4) is 0 Å². The highest BCUT2D eigenvalue weighted by molar-refractivity contribution is 7.99. The zero-order valence-corrected chi connectivity index (χ0v) is 17.7. The van der Waals surface area contributed by atoms with Crippen molar-refractivity contribution >= 4 is 23.4 Å². The normalized spacial score (nSPS) is 15.0. The zero-order valence-electron chi connectivity index (χ0n) is 16.9. The number of methoxy groups -OCH3 is 1. The fourth-order valence-electron chi connectivity index (χ4n) is 3.11. The Hall–Kier alpha value is -2.42. The minimum Gasteiger partial charge on any atom is -0.497 e. The summed E-state index contributed by atoms with van der Waals surface area (Å²) in [4.78, 5) is 16.8. The van der Waals surface area contributed by atoms with Crippen molar-refractivity contribution in [2.45, 2.75) is 31.3 Å². The number of nitrogens with zero attached hydrogens (tertiary/aromatic N) is 5. The molecule has 0 aliphatic carbocycles. The number of anilines is 1. The quantitative estimate of drug-likeness (QED) is 0.600. The van der Waals surface area contributed by atoms with E-state index in [0.29, 0.717) is 29.8 Å². The van der Waals surface area contributed by atoms with Crippen LogP contribution in [-0.2, 0) is 10.2 Å². The first-order valence-corrected chi connectivity index (χ1v) is 10.3. The van der Waals surface area contributed by atoms with E-state index >= 15 is 0 Å². The molecule has 2 heterocycles. The van der Waals surface area contributed by atoms with Crippen LogP contribution >= 0.6 is 11.8 Å². The summed E-state index contributed by atoms with van der Waals surface area (Å²) < 4.78 is 6.69. The molecule has 152 valence electrons. The maximum absolute atomic E-state index is 12.6. The van der Waals surface area contributed by atoms with Crippen molar-refractivity contribution in [2.24, 2.45) is 0 Å². The predicted molar refractivity (Wildman–Crippen MR) is 111 cm³/mol. The van der Waals surface area contributed by atoms with Gasteiger partial charge in [0.1, 0.15) is 5.75 Å². The lowest BCUT2D eigenvalue weighted by Gasteiger charge is -2.36. The van der Waals surface area contributed by atoms with Crippen molar-refractivity contribution in [3.05, 3.63) is 30.1 Å². The molecule has 1 aromatic heterocycles. The van der Waals surface area contributed by atoms with Crippen LogP contribution in [0.5, 0.6) is 5.75 Å². The van der Waals surface area contributed by atoms with Gasteiger partial charge in [0.2, 0.25) is 11.1 Å². The summed E-state index contributed by atoms with van der Waals surface area (Å²) in [6, 6.07) is 8.01. The Bertz CT molecular complexity index is 807. The number of rotatable bonds is 5. The SMILES string of the molecule is COc1ccc(N2CCN(C(=O)CSc3nnc(C(C)(C)C)n3N)CC2)cc1. The first-order chi connectivity index (χ1) is 13.3. The number of amides is 1. The Balaban J connectivity index is 1.51. The molecule has 1 aromatic carbocycles. The fourth-order valence-corrected chi connectivity index (χ4v) is 3.87. The van der Waals surface area contributed by atoms with Crippen molar-refractivity contribution in [3.63, 3.8) is 0 Å². The van der Waals surface area contributed by atoms with Gasteiger partial charge in [0.15, 0.2) is 5.82 Å². The van der Waals surface area contributed by atoms with Gasteiger partial charge in [0.05, 0.1) is 12.9 Å². The molecular weight excluding hydrogens is 376 g/mol. The Morgan fingerprint density at radius 3 is 2.32 bits per heavy atom. The summed E-state index contributed by atoms with van der Waals surface area (Å²) in [5, 5.41) is 8.85. The first kappa shape index (κ1) is 20.3. The Morgan fingerprint density at radius 1 is 1.14 bits per heavy atom. The highest BCUT2D eigenvalue weighted by Gasteiger charge is 2.25. The summed E-state index contributed by atoms with van der Waals surface area (Å²) in [5.74, 6) is 8.04. The van der Waals surface area contributed by atoms with Gasteiger partial charge in [-0.3, -0.25) is 4.79 Å². The lowest BCUT2D eigenvalue weighted by molar-refractivity contribution is -0.128. The zero-order chi connectivity index (χ0) is 20.3. The minimum atomic E-state index is -0.192. The predicted octanol–water partition coefficient (Wildman–Crippen LogP) is 1.74. The molecule has 8 nitrogen and oxygen atoms in total. The molecule has 0 saturated carbocycles. The van der Waals surface area contributed by atoms with Gasteiger partial charge in [-0.1, -0.05) is 32.5 Å². The number of carbonyl (C=O) groups excluding carboxylic acids is 1. The monoisotopic (exact) mass is 404 g/mol. The number of ether oxygens (including phenoxy) is 1. The largest absolute Gasteiger partial charge is 0.497 e. The number of benzene rings is 1. The maximum atomic E-state index is 12.6. The molecule has 2 N–H and O–H groups in total. The summed E-state index contributed by atoms with van der Waals surface area (Å²) in [5.41, 5.74) is 0.954. The molecule has 0 unspecified atom stereocenters. The summed E-state index contributed by atoms with van der Waals surface area (Å²) in [6.45, 7) is 9.11. The molecule has 2 aromatic rings. The van der Waals surface area contributed by atoms with Crippen molar-refractivity contribution in [2.75, 3.05) is 49.8 Å². The smallest absolute Gasteiger partial charge is 0.233 e. The molecule has 1 aliphatic rings. The van der Waals surface area contributed by atoms with Gasteiger partial charge < -0.3 is 20.4 Å². The van der Waals surface area contributed by atoms with Crippen molar-refractivity contribution in [1.82, 2.24) is 19.8 Å². The highest BCUT2D eigenvalue weighted by atomic mass is 32.2. The lowest BCUT2D eigenvalue weighted by Crippen LogP contribution is -2.49. The third kappa shape index (κ3) is 4.52. The Kier molecular flexibility index (Phi) is 6.02. The van der Waals surface area contributed by atoms with E-state index in [0.717, 1.165) is 24.5 Å². The molecule has 1 fully saturated rings. The second kappa shape index (κ2) is 8.30. The van der Waals surface area contributed by atoms with Gasteiger partial charge in [-0.05, 0) is 24.3 Å². The molecule has 0 bridgehead atoms. The number of piperazine rings is 1. The number of nitrogens with two attached hydrogens (primary N) is 1. The maximum Gasteiger partial charge on any atom is 0.233 e. The van der Waals surface area contributed by atoms with Gasteiger partial charge in [0.25, 0.3) is 0 Å². The van der Waals surface area contributed by atoms with Crippen LogP contribution in [0, 0.1) is 0 Å². The standard InChI is InChI=1S/C19H28N6O2S/c1-19(2,3)17-21-22-18(25(17)20)28-13-16(26)24-11-9-23(10-12-24)14-5-7-15(27-4)8-6-14/h5-8H,9-13,20H2,1-4H3. The van der Waals surface area contributed by atoms with Gasteiger partial charge in [-0.2, -0.15) is 0 Å². The van der Waals surface area contributed by atoms with E-state index in [2.05, 4.69) is 15.1 Å². The van der Waals surface area contributed by atoms with E-state index in [-0.39, 0.29) is 11.3 Å². The van der Waals surface area contributed by atoms with Crippen LogP contribution < -0.4 is 15.5 Å². The van der Waals surface area contributed by atoms with Gasteiger partial charge in [-0.15, -0.1) is 10.2 Å². The molecule has 1 amide bonds. The lowest BCUT2D eigenvalue weighted by atomic mass is 9.96. The second-order valence-electron chi connectivity index (χ2n) is 7.78. The van der Waals surface area contributed by atoms with E-state index in [4.69, 9.17) is 10.6 Å². The highest BCUT2D eigenvalue weighted by Crippen LogP contribution is 2.24. The molecule has 0 atom stereocenters. The average molecular weight is 405 g/mol. The molecule has 28 heavy (non-hydrogen) atoms. The fraction of sp³-hybridized carbons (Fsp3) is 0.526. The van der Waals surface area contributed by atoms with E-state index < -0.39 is 0 Å². The Morgan fingerprint density at radius 2 is 1.79 bits per heavy atom. The van der Waals surface area contributed by atoms with E-state index in [1.807, 2.05) is 49.9 Å². The first-order valence-electron chi connectivity index (χ1n) is 9.30. The third-order valence-corrected chi connectivity index (χ3v) is 5.66. The van der Waals surface area contributed by atoms with E-state index in [1.165, 1.54) is 16.4 Å². The van der Waals surface area contributed by atoms with Crippen molar-refractivity contribution in [3.8, 4) is 5.75 Å². The summed E-state index contributed by atoms with van der Waals surface area (Å²) in [7, 11) is 1.66. The number of hydrogen-bond acceptors (Lipinski definition) is 7. The Labute approximate surface area is 170 Å². The van der Waals surface area contributed by atoms with Crippen LogP contribution in [0.1, 0.15) is 26.6 Å². The van der Waals surface area contributed by atoms with Crippen LogP contribution in [0.15, 0.2) is 29.4 Å². The van der Waals surface area contributed by atoms with Gasteiger partial charge in [-0.25, -0.2) is 4.68 Å². The summed E-state index contributed by atoms with van der Waals surface area (Å²) >= 11 is 1.33. The molecule has 0 spiro atoms. The third-order valence-electron chi connectivity index (χ3n) is 4.73. The molecule has 9 heteroatoms. The topological polar surface area (TPSA) is 89.5 Å². The molecule has 3 rings (SSSR count). The molecule has 1 saturated heterocycles. The molecule has 0 radical (unpaired) electrons. The second-order valence-corrected chi connectivity index (χ2v) is 8.72. The van der Waals surface area contributed by atoms with E-state index in [9.17, 15) is 4.79 Å². The van der Waals surface area contributed by atoms with E-state index in [1.54, 1.807) is 7.11 Å². The van der Waals surface area contributed by atoms with Crippen molar-refractivity contribution in [1.29, 1.82) is 0 Å². The number of thioether (sulfide) groups is 1. The van der Waals surface area contributed by atoms with Crippen molar-refractivity contribution < 1.29 is 9.53 Å². The number of nitrogen functional groups attached to an aromatic ring is 1. The van der Waals surface area contributed by atoms with Crippen LogP contribution in [0.25, 0.3) is 0 Å². The number of aromatic nitrogens is 3. The van der Waals surface area contributed by atoms with Crippen LogP contribution in [0.2, 0.25) is 0 Å². The summed E-state index contributed by atoms with van der Waals surface area (Å²) in [6.07, 6.45) is 0. The average Bonchev–Trinajstić information content (AvgIpc) is 3.07. The van der Waals surface area contributed by atoms with Gasteiger partial charge >= 0.3 is 0 Å². The molecular formula is C19H28N6O2S. The number of carbonyl (C=O) groups is 1. The molecule has 1 aliphatic heterocycles. The number of hydrogen-bond donors (Lipinski definition) is 1. The minimum absolute atomic E-state index is 0.0969. The van der Waals surface area contributed by atoms with Crippen LogP contribution in [0.4, 0.5) is 5.69 Å². The van der Waals surface area contributed by atoms with Gasteiger partial charge in [0, 0.05) is 37.3 Å².